The van der Waals surface area contributed by atoms with Crippen LogP contribution >= 0.6 is 11.3 Å². The predicted molar refractivity (Wildman–Crippen MR) is 129 cm³/mol. The molecule has 2 aromatic heterocycles. The van der Waals surface area contributed by atoms with Gasteiger partial charge in [-0.2, -0.15) is 0 Å². The maximum absolute atomic E-state index is 13.1. The summed E-state index contributed by atoms with van der Waals surface area (Å²) < 4.78 is 0. The number of fused-ring (bicyclic) bond motifs is 7. The highest BCUT2D eigenvalue weighted by Gasteiger charge is 2.59. The van der Waals surface area contributed by atoms with Crippen LogP contribution < -0.4 is 5.32 Å². The number of carbonyl (C=O) groups excluding carboxylic acids is 3. The zero-order valence-electron chi connectivity index (χ0n) is 18.5. The molecule has 2 N–H and O–H groups in total. The summed E-state index contributed by atoms with van der Waals surface area (Å²) in [5.74, 6) is -0.244. The second-order valence-electron chi connectivity index (χ2n) is 9.83. The summed E-state index contributed by atoms with van der Waals surface area (Å²) in [4.78, 5) is 49.8. The molecule has 1 aromatic carbocycles. The molecule has 1 saturated carbocycles. The lowest BCUT2D eigenvalue weighted by Gasteiger charge is -2.17. The third kappa shape index (κ3) is 2.87. The van der Waals surface area contributed by atoms with Crippen molar-refractivity contribution in [3.63, 3.8) is 0 Å². The Labute approximate surface area is 200 Å². The average molecular weight is 473 g/mol. The van der Waals surface area contributed by atoms with Crippen LogP contribution in [0, 0.1) is 23.7 Å². The van der Waals surface area contributed by atoms with Gasteiger partial charge in [0, 0.05) is 4.88 Å². The van der Waals surface area contributed by atoms with Crippen molar-refractivity contribution in [2.75, 3.05) is 11.9 Å². The van der Waals surface area contributed by atoms with E-state index in [1.165, 1.54) is 15.3 Å². The van der Waals surface area contributed by atoms with E-state index < -0.39 is 0 Å². The van der Waals surface area contributed by atoms with Crippen molar-refractivity contribution in [2.45, 2.75) is 32.1 Å². The van der Waals surface area contributed by atoms with Gasteiger partial charge in [0.25, 0.3) is 0 Å². The fourth-order valence-corrected chi connectivity index (χ4v) is 7.71. The van der Waals surface area contributed by atoms with E-state index in [4.69, 9.17) is 4.98 Å². The van der Waals surface area contributed by atoms with E-state index >= 15 is 0 Å². The van der Waals surface area contributed by atoms with Crippen molar-refractivity contribution >= 4 is 45.1 Å². The predicted octanol–water partition coefficient (Wildman–Crippen LogP) is 3.92. The quantitative estimate of drug-likeness (QED) is 0.445. The number of carbonyl (C=O) groups is 3. The molecule has 172 valence electrons. The minimum Gasteiger partial charge on any atom is -0.338 e. The number of H-pyrrole nitrogens is 1. The standard InChI is InChI=1S/C26H24N4O3S/c31-19(12-30-25(32)20-13-9-10-14(11-13)21(20)26(30)33)29-24-22(15-5-1-4-8-18(15)34-24)23-27-16-6-2-3-7-17(16)28-23/h2-3,6-7,9-10,13-14,20-21H,1,4-5,8,11-12H2,(H,27,28)(H,29,31). The highest BCUT2D eigenvalue weighted by molar-refractivity contribution is 7.17. The molecule has 3 aromatic rings. The Morgan fingerprint density at radius 3 is 2.59 bits per heavy atom. The van der Waals surface area contributed by atoms with Gasteiger partial charge in [0.15, 0.2) is 0 Å². The van der Waals surface area contributed by atoms with Crippen LogP contribution in [0.2, 0.25) is 0 Å². The molecule has 8 heteroatoms. The Hall–Kier alpha value is -3.26. The summed E-state index contributed by atoms with van der Waals surface area (Å²) in [6.45, 7) is -0.230. The summed E-state index contributed by atoms with van der Waals surface area (Å²) in [6, 6.07) is 7.89. The lowest BCUT2D eigenvalue weighted by atomic mass is 9.85. The topological polar surface area (TPSA) is 95.2 Å². The van der Waals surface area contributed by atoms with Crippen LogP contribution in [0.15, 0.2) is 36.4 Å². The first-order valence-corrected chi connectivity index (χ1v) is 12.8. The molecule has 3 aliphatic carbocycles. The first-order valence-electron chi connectivity index (χ1n) is 12.0. The number of rotatable bonds is 4. The van der Waals surface area contributed by atoms with Crippen LogP contribution in [0.25, 0.3) is 22.4 Å². The summed E-state index contributed by atoms with van der Waals surface area (Å²) in [5, 5.41) is 3.79. The Kier molecular flexibility index (Phi) is 4.37. The summed E-state index contributed by atoms with van der Waals surface area (Å²) in [5.41, 5.74) is 4.03. The molecule has 1 saturated heterocycles. The fraction of sp³-hybridized carbons (Fsp3) is 0.385. The number of allylic oxidation sites excluding steroid dienone is 2. The van der Waals surface area contributed by atoms with Crippen LogP contribution in [0.1, 0.15) is 29.7 Å². The maximum Gasteiger partial charge on any atom is 0.245 e. The average Bonchev–Trinajstić information content (AvgIpc) is 3.64. The third-order valence-electron chi connectivity index (χ3n) is 7.91. The Morgan fingerprint density at radius 1 is 1.09 bits per heavy atom. The molecule has 4 aliphatic rings. The normalized spacial score (nSPS) is 27.0. The second-order valence-corrected chi connectivity index (χ2v) is 10.9. The van der Waals surface area contributed by atoms with E-state index in [2.05, 4.69) is 22.5 Å². The molecular weight excluding hydrogens is 448 g/mol. The van der Waals surface area contributed by atoms with Gasteiger partial charge in [-0.3, -0.25) is 19.3 Å². The molecule has 3 amide bonds. The molecule has 3 heterocycles. The lowest BCUT2D eigenvalue weighted by molar-refractivity contribution is -0.143. The van der Waals surface area contributed by atoms with Crippen LogP contribution in [0.3, 0.4) is 0 Å². The molecule has 0 spiro atoms. The van der Waals surface area contributed by atoms with E-state index in [0.29, 0.717) is 0 Å². The van der Waals surface area contributed by atoms with E-state index in [1.807, 2.05) is 24.3 Å². The molecule has 4 unspecified atom stereocenters. The van der Waals surface area contributed by atoms with Crippen molar-refractivity contribution in [3.05, 3.63) is 46.9 Å². The molecule has 0 radical (unpaired) electrons. The summed E-state index contributed by atoms with van der Waals surface area (Å²) >= 11 is 1.59. The van der Waals surface area contributed by atoms with Gasteiger partial charge in [0.05, 0.1) is 28.4 Å². The van der Waals surface area contributed by atoms with Crippen LogP contribution in [0.5, 0.6) is 0 Å². The zero-order valence-corrected chi connectivity index (χ0v) is 19.4. The molecule has 7 nitrogen and oxygen atoms in total. The van der Waals surface area contributed by atoms with Gasteiger partial charge in [-0.05, 0) is 61.6 Å². The lowest BCUT2D eigenvalue weighted by Crippen LogP contribution is -2.39. The number of nitrogens with zero attached hydrogens (tertiary/aromatic N) is 2. The van der Waals surface area contributed by atoms with E-state index in [1.54, 1.807) is 11.3 Å². The number of hydrogen-bond acceptors (Lipinski definition) is 5. The second kappa shape index (κ2) is 7.37. The highest BCUT2D eigenvalue weighted by Crippen LogP contribution is 2.52. The molecule has 2 bridgehead atoms. The third-order valence-corrected chi connectivity index (χ3v) is 9.12. The maximum atomic E-state index is 13.1. The van der Waals surface area contributed by atoms with Crippen molar-refractivity contribution in [3.8, 4) is 11.4 Å². The first-order chi connectivity index (χ1) is 16.6. The number of imidazole rings is 1. The number of imide groups is 1. The van der Waals surface area contributed by atoms with Gasteiger partial charge in [0.2, 0.25) is 17.7 Å². The Morgan fingerprint density at radius 2 is 1.82 bits per heavy atom. The minimum atomic E-state index is -0.335. The van der Waals surface area contributed by atoms with E-state index in [0.717, 1.165) is 59.5 Å². The molecule has 1 aliphatic heterocycles. The number of nitrogens with one attached hydrogen (secondary N) is 2. The number of benzene rings is 1. The molecule has 4 atom stereocenters. The van der Waals surface area contributed by atoms with Crippen molar-refractivity contribution in [1.82, 2.24) is 14.9 Å². The van der Waals surface area contributed by atoms with Crippen LogP contribution in [-0.2, 0) is 27.2 Å². The number of hydrogen-bond donors (Lipinski definition) is 2. The summed E-state index contributed by atoms with van der Waals surface area (Å²) in [7, 11) is 0. The van der Waals surface area contributed by atoms with Gasteiger partial charge in [-0.1, -0.05) is 24.3 Å². The van der Waals surface area contributed by atoms with E-state index in [-0.39, 0.29) is 47.9 Å². The van der Waals surface area contributed by atoms with Crippen LogP contribution in [0.4, 0.5) is 5.00 Å². The molecule has 2 fully saturated rings. The minimum absolute atomic E-state index is 0.142. The van der Waals surface area contributed by atoms with Crippen molar-refractivity contribution in [1.29, 1.82) is 0 Å². The fourth-order valence-electron chi connectivity index (χ4n) is 6.41. The van der Waals surface area contributed by atoms with Gasteiger partial charge in [0.1, 0.15) is 17.4 Å². The number of amides is 3. The summed E-state index contributed by atoms with van der Waals surface area (Å²) in [6.07, 6.45) is 9.21. The zero-order chi connectivity index (χ0) is 23.0. The number of anilines is 1. The number of para-hydroxylation sites is 2. The van der Waals surface area contributed by atoms with Crippen molar-refractivity contribution < 1.29 is 14.4 Å². The molecule has 34 heavy (non-hydrogen) atoms. The largest absolute Gasteiger partial charge is 0.338 e. The van der Waals surface area contributed by atoms with Crippen LogP contribution in [-0.4, -0.2) is 39.1 Å². The van der Waals surface area contributed by atoms with Gasteiger partial charge in [-0.25, -0.2) is 4.98 Å². The smallest absolute Gasteiger partial charge is 0.245 e. The molecule has 7 rings (SSSR count). The van der Waals surface area contributed by atoms with Gasteiger partial charge in [-0.15, -0.1) is 11.3 Å². The number of aromatic amines is 1. The monoisotopic (exact) mass is 472 g/mol. The van der Waals surface area contributed by atoms with E-state index in [9.17, 15) is 14.4 Å². The number of aromatic nitrogens is 2. The number of likely N-dealkylation sites (tertiary alicyclic amines) is 1. The Balaban J connectivity index is 1.18. The van der Waals surface area contributed by atoms with Gasteiger partial charge >= 0.3 is 0 Å². The highest BCUT2D eigenvalue weighted by atomic mass is 32.1. The number of thiophene rings is 1. The number of aryl methyl sites for hydroxylation is 1. The molecular formula is C26H24N4O3S. The van der Waals surface area contributed by atoms with Crippen molar-refractivity contribution in [2.24, 2.45) is 23.7 Å². The van der Waals surface area contributed by atoms with Gasteiger partial charge < -0.3 is 10.3 Å². The Bertz CT molecular complexity index is 1340. The first kappa shape index (κ1) is 20.1. The SMILES string of the molecule is O=C(CN1C(=O)C2C3C=CC(C3)C2C1=O)Nc1sc2c(c1-c1nc3ccccc3[nH]1)CCCC2.